The van der Waals surface area contributed by atoms with E-state index >= 15 is 0 Å². The van der Waals surface area contributed by atoms with E-state index in [-0.39, 0.29) is 16.7 Å². The van der Waals surface area contributed by atoms with Crippen molar-refractivity contribution < 1.29 is 13.2 Å². The van der Waals surface area contributed by atoms with Gasteiger partial charge in [-0.05, 0) is 29.8 Å². The highest BCUT2D eigenvalue weighted by Gasteiger charge is 2.31. The summed E-state index contributed by atoms with van der Waals surface area (Å²) in [4.78, 5) is 3.88. The van der Waals surface area contributed by atoms with Gasteiger partial charge in [0.2, 0.25) is 0 Å². The third-order valence-electron chi connectivity index (χ3n) is 4.22. The summed E-state index contributed by atoms with van der Waals surface area (Å²) in [6, 6.07) is 10.8. The lowest BCUT2D eigenvalue weighted by Gasteiger charge is -2.12. The van der Waals surface area contributed by atoms with Gasteiger partial charge in [-0.3, -0.25) is 9.55 Å². The Bertz CT molecular complexity index is 1190. The highest BCUT2D eigenvalue weighted by atomic mass is 32.2. The fourth-order valence-electron chi connectivity index (χ4n) is 2.99. The maximum Gasteiger partial charge on any atom is 0.406 e. The van der Waals surface area contributed by atoms with Crippen LogP contribution >= 0.6 is 11.8 Å². The molecule has 146 valence electrons. The van der Waals surface area contributed by atoms with Crippen molar-refractivity contribution in [2.75, 3.05) is 0 Å². The van der Waals surface area contributed by atoms with Crippen molar-refractivity contribution in [3.8, 4) is 17.5 Å². The Morgan fingerprint density at radius 1 is 1.10 bits per heavy atom. The maximum atomic E-state index is 13.2. The number of fused-ring (bicyclic) bond motifs is 1. The number of rotatable bonds is 5. The van der Waals surface area contributed by atoms with Gasteiger partial charge in [-0.15, -0.1) is 10.2 Å². The first-order valence-electron chi connectivity index (χ1n) is 8.48. The van der Waals surface area contributed by atoms with Gasteiger partial charge in [0.05, 0.1) is 11.1 Å². The zero-order valence-corrected chi connectivity index (χ0v) is 15.7. The minimum Gasteiger partial charge on any atom is -0.322 e. The predicted molar refractivity (Wildman–Crippen MR) is 101 cm³/mol. The molecule has 0 fully saturated rings. The summed E-state index contributed by atoms with van der Waals surface area (Å²) in [7, 11) is 0. The van der Waals surface area contributed by atoms with Crippen molar-refractivity contribution in [2.24, 2.45) is 0 Å². The number of nitrogens with zero attached hydrogens (tertiary/aromatic N) is 6. The molecule has 10 heteroatoms. The quantitative estimate of drug-likeness (QED) is 0.455. The van der Waals surface area contributed by atoms with Gasteiger partial charge in [0, 0.05) is 36.1 Å². The van der Waals surface area contributed by atoms with Gasteiger partial charge in [0.15, 0.2) is 11.0 Å². The van der Waals surface area contributed by atoms with Gasteiger partial charge < -0.3 is 4.40 Å². The first kappa shape index (κ1) is 19.0. The van der Waals surface area contributed by atoms with Crippen LogP contribution in [0.5, 0.6) is 0 Å². The third kappa shape index (κ3) is 3.95. The second-order valence-corrected chi connectivity index (χ2v) is 7.11. The van der Waals surface area contributed by atoms with Crippen molar-refractivity contribution >= 4 is 17.3 Å². The second-order valence-electron chi connectivity index (χ2n) is 6.17. The summed E-state index contributed by atoms with van der Waals surface area (Å²) in [6.45, 7) is -1.21. The Kier molecular flexibility index (Phi) is 4.98. The Labute approximate surface area is 167 Å². The first-order valence-corrected chi connectivity index (χ1v) is 9.46. The van der Waals surface area contributed by atoms with Crippen LogP contribution < -0.4 is 0 Å². The molecule has 0 spiro atoms. The van der Waals surface area contributed by atoms with Gasteiger partial charge in [0.25, 0.3) is 0 Å². The van der Waals surface area contributed by atoms with Crippen LogP contribution in [0.25, 0.3) is 16.9 Å². The number of aromatic nitrogens is 5. The lowest BCUT2D eigenvalue weighted by molar-refractivity contribution is -0.141. The number of thioether (sulfide) groups is 1. The molecular formula is C19H13F3N6S. The lowest BCUT2D eigenvalue weighted by Crippen LogP contribution is -2.19. The molecule has 0 aliphatic rings. The molecule has 6 nitrogen and oxygen atoms in total. The van der Waals surface area contributed by atoms with E-state index in [2.05, 4.69) is 21.3 Å². The van der Waals surface area contributed by atoms with Crippen molar-refractivity contribution in [2.45, 2.75) is 23.6 Å². The minimum atomic E-state index is -4.43. The average molecular weight is 414 g/mol. The Morgan fingerprint density at radius 3 is 2.62 bits per heavy atom. The van der Waals surface area contributed by atoms with Crippen LogP contribution in [0.3, 0.4) is 0 Å². The number of hydrogen-bond acceptors (Lipinski definition) is 5. The Balaban J connectivity index is 1.67. The van der Waals surface area contributed by atoms with Crippen molar-refractivity contribution in [3.63, 3.8) is 0 Å². The number of nitriles is 1. The number of pyridine rings is 2. The van der Waals surface area contributed by atoms with E-state index in [0.717, 1.165) is 27.4 Å². The van der Waals surface area contributed by atoms with Crippen LogP contribution in [0.15, 0.2) is 60.3 Å². The smallest absolute Gasteiger partial charge is 0.322 e. The fourth-order valence-corrected chi connectivity index (χ4v) is 3.90. The van der Waals surface area contributed by atoms with E-state index in [1.54, 1.807) is 18.3 Å². The topological polar surface area (TPSA) is 71.8 Å². The summed E-state index contributed by atoms with van der Waals surface area (Å²) in [6.07, 6.45) is 2.16. The second kappa shape index (κ2) is 7.60. The van der Waals surface area contributed by atoms with E-state index < -0.39 is 12.7 Å². The maximum absolute atomic E-state index is 13.2. The molecule has 0 aliphatic carbocycles. The van der Waals surface area contributed by atoms with E-state index in [4.69, 9.17) is 0 Å². The van der Waals surface area contributed by atoms with Gasteiger partial charge in [-0.2, -0.15) is 18.4 Å². The molecule has 0 bridgehead atoms. The molecule has 0 aromatic carbocycles. The minimum absolute atomic E-state index is 0.120. The Morgan fingerprint density at radius 2 is 1.90 bits per heavy atom. The highest BCUT2D eigenvalue weighted by Crippen LogP contribution is 2.31. The molecule has 4 rings (SSSR count). The zero-order valence-electron chi connectivity index (χ0n) is 14.8. The van der Waals surface area contributed by atoms with Gasteiger partial charge in [0.1, 0.15) is 12.6 Å². The van der Waals surface area contributed by atoms with Crippen molar-refractivity contribution in [1.82, 2.24) is 24.1 Å². The van der Waals surface area contributed by atoms with Crippen molar-refractivity contribution in [1.29, 1.82) is 5.26 Å². The molecule has 4 aromatic heterocycles. The predicted octanol–water partition coefficient (Wildman–Crippen LogP) is 4.32. The van der Waals surface area contributed by atoms with E-state index in [1.165, 1.54) is 12.4 Å². The average Bonchev–Trinajstić information content (AvgIpc) is 3.26. The van der Waals surface area contributed by atoms with E-state index in [1.807, 2.05) is 28.8 Å². The van der Waals surface area contributed by atoms with Crippen LogP contribution in [0.2, 0.25) is 0 Å². The number of halogens is 3. The monoisotopic (exact) mass is 414 g/mol. The van der Waals surface area contributed by atoms with Crippen LogP contribution in [0, 0.1) is 11.3 Å². The lowest BCUT2D eigenvalue weighted by atomic mass is 10.2. The summed E-state index contributed by atoms with van der Waals surface area (Å²) in [5, 5.41) is 17.6. The van der Waals surface area contributed by atoms with Crippen molar-refractivity contribution in [3.05, 3.63) is 66.2 Å². The summed E-state index contributed by atoms with van der Waals surface area (Å²) < 4.78 is 42.4. The SMILES string of the molecule is N#Cc1c(CSc2nnc(-c3ccncc3)n2CC(F)(F)F)cn2ccccc12. The van der Waals surface area contributed by atoms with Gasteiger partial charge >= 0.3 is 6.18 Å². The molecular weight excluding hydrogens is 401 g/mol. The molecule has 0 unspecified atom stereocenters. The molecule has 0 saturated heterocycles. The molecule has 29 heavy (non-hydrogen) atoms. The van der Waals surface area contributed by atoms with Gasteiger partial charge in [-0.25, -0.2) is 0 Å². The molecule has 4 aromatic rings. The number of alkyl halides is 3. The van der Waals surface area contributed by atoms with Crippen LogP contribution in [0.1, 0.15) is 11.1 Å². The Hall–Kier alpha value is -3.32. The molecule has 4 heterocycles. The van der Waals surface area contributed by atoms with Crippen LogP contribution in [0.4, 0.5) is 13.2 Å². The first-order chi connectivity index (χ1) is 14.0. The fraction of sp³-hybridized carbons (Fsp3) is 0.158. The largest absolute Gasteiger partial charge is 0.406 e. The van der Waals surface area contributed by atoms with Crippen LogP contribution in [-0.4, -0.2) is 30.3 Å². The molecule has 0 saturated carbocycles. The van der Waals surface area contributed by atoms with E-state index in [0.29, 0.717) is 11.1 Å². The summed E-state index contributed by atoms with van der Waals surface area (Å²) >= 11 is 1.11. The molecule has 0 atom stereocenters. The summed E-state index contributed by atoms with van der Waals surface area (Å²) in [5.74, 6) is 0.409. The van der Waals surface area contributed by atoms with Gasteiger partial charge in [-0.1, -0.05) is 17.8 Å². The van der Waals surface area contributed by atoms with E-state index in [9.17, 15) is 18.4 Å². The molecule has 0 amide bonds. The number of hydrogen-bond donors (Lipinski definition) is 0. The normalized spacial score (nSPS) is 11.7. The molecule has 0 radical (unpaired) electrons. The summed E-state index contributed by atoms with van der Waals surface area (Å²) in [5.41, 5.74) is 2.46. The van der Waals surface area contributed by atoms with Crippen LogP contribution in [-0.2, 0) is 12.3 Å². The molecule has 0 N–H and O–H groups in total. The third-order valence-corrected chi connectivity index (χ3v) is 5.24. The molecule has 0 aliphatic heterocycles. The highest BCUT2D eigenvalue weighted by molar-refractivity contribution is 7.98. The standard InChI is InChI=1S/C19H13F3N6S/c20-19(21,22)12-28-17(13-4-6-24-7-5-13)25-26-18(28)29-11-14-10-27-8-2-1-3-16(27)15(14)9-23/h1-8,10H,11-12H2. The zero-order chi connectivity index (χ0) is 20.4.